The molecule has 0 spiro atoms. The first-order valence-corrected chi connectivity index (χ1v) is 17.3. The summed E-state index contributed by atoms with van der Waals surface area (Å²) in [6.45, 7) is 1.90. The van der Waals surface area contributed by atoms with Crippen LogP contribution in [0.4, 0.5) is 5.69 Å². The number of sulfonamides is 1. The first-order valence-electron chi connectivity index (χ1n) is 14.9. The summed E-state index contributed by atoms with van der Waals surface area (Å²) in [5, 5.41) is 33.7. The molecule has 5 rings (SSSR count). The summed E-state index contributed by atoms with van der Waals surface area (Å²) in [7, 11) is -4.25. The molecule has 1 aliphatic heterocycles. The van der Waals surface area contributed by atoms with Gasteiger partial charge < -0.3 is 31.5 Å². The highest BCUT2D eigenvalue weighted by atomic mass is 32.2. The van der Waals surface area contributed by atoms with Gasteiger partial charge in [0, 0.05) is 25.7 Å². The van der Waals surface area contributed by atoms with E-state index in [2.05, 4.69) is 30.9 Å². The van der Waals surface area contributed by atoms with Crippen LogP contribution in [0.2, 0.25) is 0 Å². The zero-order chi connectivity index (χ0) is 33.4. The minimum Gasteiger partial charge on any atom is -0.492 e. The van der Waals surface area contributed by atoms with Crippen LogP contribution in [-0.4, -0.2) is 67.3 Å². The minimum atomic E-state index is -4.25. The number of carboxylic acid groups (broad SMARTS) is 1. The maximum atomic E-state index is 13.9. The molecule has 0 radical (unpaired) electrons. The van der Waals surface area contributed by atoms with Crippen molar-refractivity contribution in [2.75, 3.05) is 24.4 Å². The fraction of sp³-hybridized carbons (Fsp3) is 0.290. The van der Waals surface area contributed by atoms with E-state index in [-0.39, 0.29) is 40.1 Å². The number of aromatic nitrogens is 2. The third-order valence-electron chi connectivity index (χ3n) is 7.53. The molecule has 0 unspecified atom stereocenters. The quantitative estimate of drug-likeness (QED) is 0.0491. The summed E-state index contributed by atoms with van der Waals surface area (Å²) in [5.74, 6) is -1.94. The van der Waals surface area contributed by atoms with Gasteiger partial charge in [0.1, 0.15) is 21.6 Å². The number of ether oxygens (including phenoxy) is 1. The molecule has 2 aromatic carbocycles. The van der Waals surface area contributed by atoms with E-state index in [4.69, 9.17) is 15.9 Å². The lowest BCUT2D eigenvalue weighted by molar-refractivity contribution is -0.139. The van der Waals surface area contributed by atoms with Crippen LogP contribution in [-0.2, 0) is 34.2 Å². The van der Waals surface area contributed by atoms with Crippen molar-refractivity contribution in [3.8, 4) is 16.9 Å². The standard InChI is InChI=1S/C31H36N8O6S2/c32-31(33)35-10-3-6-25(30(41)42)38-29(40)28-24(9-13-46-28)39-47(43,44)26-15-22(14-20-8-12-45-27(20)26)23-5-2-1-4-21(23)18-34-11-7-19-16-36-37-17-19/h1-2,4-5,9,13-17,25,34,39H,3,6-8,10-12,18H2,(H,36,37)(H,38,40)(H,41,42)(H4,32,33,35)/t25-/m0/s1. The molecule has 0 saturated carbocycles. The molecular formula is C31H36N8O6S2. The van der Waals surface area contributed by atoms with Crippen molar-refractivity contribution in [3.63, 3.8) is 0 Å². The fourth-order valence-electron chi connectivity index (χ4n) is 5.23. The van der Waals surface area contributed by atoms with E-state index in [1.807, 2.05) is 36.5 Å². The molecule has 14 nitrogen and oxygen atoms in total. The van der Waals surface area contributed by atoms with E-state index < -0.39 is 27.9 Å². The Morgan fingerprint density at radius 3 is 2.79 bits per heavy atom. The number of nitrogens with one attached hydrogen (secondary N) is 6. The summed E-state index contributed by atoms with van der Waals surface area (Å²) in [5.41, 5.74) is 9.72. The number of carbonyl (C=O) groups excluding carboxylic acids is 1. The van der Waals surface area contributed by atoms with Gasteiger partial charge in [-0.25, -0.2) is 13.2 Å². The number of guanidine groups is 1. The number of rotatable bonds is 16. The summed E-state index contributed by atoms with van der Waals surface area (Å²) in [4.78, 5) is 24.9. The van der Waals surface area contributed by atoms with Crippen LogP contribution >= 0.6 is 11.3 Å². The maximum Gasteiger partial charge on any atom is 0.326 e. The molecule has 16 heteroatoms. The van der Waals surface area contributed by atoms with Crippen LogP contribution in [0.3, 0.4) is 0 Å². The number of aliphatic carboxylic acids is 1. The Kier molecular flexibility index (Phi) is 10.7. The molecule has 9 N–H and O–H groups in total. The van der Waals surface area contributed by atoms with Gasteiger partial charge in [-0.2, -0.15) is 5.10 Å². The number of anilines is 1. The Bertz CT molecular complexity index is 1840. The summed E-state index contributed by atoms with van der Waals surface area (Å²) >= 11 is 0.983. The van der Waals surface area contributed by atoms with Crippen LogP contribution < -0.4 is 31.1 Å². The molecule has 0 saturated heterocycles. The second-order valence-corrected chi connectivity index (χ2v) is 13.4. The zero-order valence-electron chi connectivity index (χ0n) is 25.3. The van der Waals surface area contributed by atoms with Crippen molar-refractivity contribution in [2.45, 2.75) is 43.2 Å². The highest BCUT2D eigenvalue weighted by molar-refractivity contribution is 7.92. The number of nitrogens with zero attached hydrogens (tertiary/aromatic N) is 1. The number of thiophene rings is 1. The predicted molar refractivity (Wildman–Crippen MR) is 178 cm³/mol. The van der Waals surface area contributed by atoms with Crippen LogP contribution in [0.1, 0.15) is 39.2 Å². The Balaban J connectivity index is 1.34. The highest BCUT2D eigenvalue weighted by Gasteiger charge is 2.30. The predicted octanol–water partition coefficient (Wildman–Crippen LogP) is 2.65. The number of nitrogens with two attached hydrogens (primary N) is 1. The highest BCUT2D eigenvalue weighted by Crippen LogP contribution is 2.39. The van der Waals surface area contributed by atoms with E-state index in [0.717, 1.165) is 46.6 Å². The molecule has 0 bridgehead atoms. The largest absolute Gasteiger partial charge is 0.492 e. The van der Waals surface area contributed by atoms with Gasteiger partial charge in [0.2, 0.25) is 0 Å². The molecule has 47 heavy (non-hydrogen) atoms. The van der Waals surface area contributed by atoms with Crippen molar-refractivity contribution in [3.05, 3.63) is 81.8 Å². The smallest absolute Gasteiger partial charge is 0.326 e. The van der Waals surface area contributed by atoms with Gasteiger partial charge in [-0.15, -0.1) is 11.3 Å². The van der Waals surface area contributed by atoms with Crippen LogP contribution in [0.25, 0.3) is 11.1 Å². The van der Waals surface area contributed by atoms with Crippen molar-refractivity contribution >= 4 is 44.9 Å². The molecule has 2 aromatic heterocycles. The number of H-pyrrole nitrogens is 1. The molecule has 248 valence electrons. The lowest BCUT2D eigenvalue weighted by Gasteiger charge is -2.17. The van der Waals surface area contributed by atoms with E-state index >= 15 is 0 Å². The Labute approximate surface area is 275 Å². The Hall–Kier alpha value is -4.93. The van der Waals surface area contributed by atoms with Crippen molar-refractivity contribution in [2.24, 2.45) is 5.73 Å². The van der Waals surface area contributed by atoms with Gasteiger partial charge in [0.25, 0.3) is 15.9 Å². The molecule has 1 amide bonds. The number of fused-ring (bicyclic) bond motifs is 1. The summed E-state index contributed by atoms with van der Waals surface area (Å²) < 4.78 is 36.2. The van der Waals surface area contributed by atoms with Crippen LogP contribution in [0.5, 0.6) is 5.75 Å². The van der Waals surface area contributed by atoms with E-state index in [1.165, 1.54) is 6.07 Å². The number of aromatic amines is 1. The van der Waals surface area contributed by atoms with Gasteiger partial charge in [-0.05, 0) is 77.2 Å². The second kappa shape index (κ2) is 15.1. The first kappa shape index (κ1) is 33.4. The number of carboxylic acids is 1. The monoisotopic (exact) mass is 680 g/mol. The molecule has 1 atom stereocenters. The van der Waals surface area contributed by atoms with Crippen LogP contribution in [0.15, 0.2) is 65.1 Å². The third kappa shape index (κ3) is 8.46. The first-order chi connectivity index (χ1) is 22.6. The fourth-order valence-corrected chi connectivity index (χ4v) is 7.33. The van der Waals surface area contributed by atoms with E-state index in [1.54, 1.807) is 17.6 Å². The van der Waals surface area contributed by atoms with Gasteiger partial charge in [-0.3, -0.25) is 20.0 Å². The van der Waals surface area contributed by atoms with E-state index in [0.29, 0.717) is 31.6 Å². The second-order valence-electron chi connectivity index (χ2n) is 10.9. The zero-order valence-corrected chi connectivity index (χ0v) is 27.0. The van der Waals surface area contributed by atoms with Gasteiger partial charge in [-0.1, -0.05) is 24.3 Å². The molecular weight excluding hydrogens is 645 g/mol. The van der Waals surface area contributed by atoms with E-state index in [9.17, 15) is 23.1 Å². The number of hydrogen-bond donors (Lipinski definition) is 8. The number of benzene rings is 2. The molecule has 0 aliphatic carbocycles. The number of amides is 1. The average Bonchev–Trinajstić information content (AvgIpc) is 3.83. The maximum absolute atomic E-state index is 13.9. The minimum absolute atomic E-state index is 0.0160. The summed E-state index contributed by atoms with van der Waals surface area (Å²) in [6.07, 6.45) is 5.39. The van der Waals surface area contributed by atoms with Gasteiger partial charge in [0.15, 0.2) is 5.96 Å². The third-order valence-corrected chi connectivity index (χ3v) is 9.82. The van der Waals surface area contributed by atoms with Gasteiger partial charge >= 0.3 is 5.97 Å². The van der Waals surface area contributed by atoms with Crippen LogP contribution in [0, 0.1) is 5.41 Å². The molecule has 1 aliphatic rings. The lowest BCUT2D eigenvalue weighted by Crippen LogP contribution is -2.41. The summed E-state index contributed by atoms with van der Waals surface area (Å²) in [6, 6.07) is 11.6. The number of carbonyl (C=O) groups is 2. The van der Waals surface area contributed by atoms with Crippen molar-refractivity contribution in [1.82, 2.24) is 26.1 Å². The number of hydrogen-bond acceptors (Lipinski definition) is 9. The Morgan fingerprint density at radius 2 is 2.02 bits per heavy atom. The van der Waals surface area contributed by atoms with Crippen molar-refractivity contribution < 1.29 is 27.9 Å². The van der Waals surface area contributed by atoms with Crippen molar-refractivity contribution in [1.29, 1.82) is 5.41 Å². The topological polar surface area (TPSA) is 224 Å². The molecule has 0 fully saturated rings. The average molecular weight is 681 g/mol. The normalized spacial score (nSPS) is 12.9. The Morgan fingerprint density at radius 1 is 1.19 bits per heavy atom. The SMILES string of the molecule is N=C(N)NCCC[C@H](NC(=O)c1sccc1NS(=O)(=O)c1cc(-c2ccccc2CNCCc2cn[nH]c2)cc2c1OCC2)C(=O)O. The van der Waals surface area contributed by atoms with Gasteiger partial charge in [0.05, 0.1) is 18.5 Å². The lowest BCUT2D eigenvalue weighted by atomic mass is 9.97. The molecule has 3 heterocycles. The molecule has 4 aromatic rings.